The number of nitrogens with zero attached hydrogens (tertiary/aromatic N) is 3. The number of nitrogens with one attached hydrogen (secondary N) is 1. The molecule has 1 saturated carbocycles. The lowest BCUT2D eigenvalue weighted by atomic mass is 9.84. The molecule has 0 atom stereocenters. The van der Waals surface area contributed by atoms with Crippen LogP contribution in [0.15, 0.2) is 10.6 Å². The predicted octanol–water partition coefficient (Wildman–Crippen LogP) is 4.09. The second kappa shape index (κ2) is 11.1. The number of thiazole rings is 1. The number of aryl methyl sites for hydroxylation is 1. The fourth-order valence-electron chi connectivity index (χ4n) is 4.70. The molecule has 3 heterocycles. The van der Waals surface area contributed by atoms with Crippen molar-refractivity contribution in [2.45, 2.75) is 70.5 Å². The summed E-state index contributed by atoms with van der Waals surface area (Å²) in [6.45, 7) is 3.23. The van der Waals surface area contributed by atoms with Gasteiger partial charge in [-0.2, -0.15) is 13.2 Å². The number of hydrogen-bond donors (Lipinski definition) is 1. The van der Waals surface area contributed by atoms with E-state index in [0.29, 0.717) is 17.6 Å². The van der Waals surface area contributed by atoms with Crippen molar-refractivity contribution < 1.29 is 27.1 Å². The van der Waals surface area contributed by atoms with E-state index in [1.54, 1.807) is 13.1 Å². The molecule has 0 saturated heterocycles. The van der Waals surface area contributed by atoms with Crippen LogP contribution in [0.1, 0.15) is 54.3 Å². The zero-order valence-electron chi connectivity index (χ0n) is 19.3. The van der Waals surface area contributed by atoms with Crippen LogP contribution in [0.25, 0.3) is 0 Å². The number of carbonyl (C=O) groups excluding carboxylic acids is 1. The average Bonchev–Trinajstić information content (AvgIpc) is 3.32. The van der Waals surface area contributed by atoms with Crippen LogP contribution in [0.3, 0.4) is 0 Å². The SMILES string of the molecule is Cc1ncc(CC(=O)NC2CCC(CCN3CCc4nc(OCC(F)(F)F)sc4CC3)CC2)o1. The van der Waals surface area contributed by atoms with E-state index in [0.717, 1.165) is 75.2 Å². The van der Waals surface area contributed by atoms with E-state index in [4.69, 9.17) is 9.15 Å². The maximum absolute atomic E-state index is 12.4. The van der Waals surface area contributed by atoms with Crippen LogP contribution in [-0.2, 0) is 24.1 Å². The number of aromatic nitrogens is 2. The molecule has 11 heteroatoms. The molecule has 2 aromatic heterocycles. The van der Waals surface area contributed by atoms with Gasteiger partial charge in [0.2, 0.25) is 5.91 Å². The summed E-state index contributed by atoms with van der Waals surface area (Å²) in [4.78, 5) is 24.0. The largest absolute Gasteiger partial charge is 0.460 e. The molecule has 0 bridgehead atoms. The van der Waals surface area contributed by atoms with Crippen LogP contribution in [0.2, 0.25) is 0 Å². The molecule has 2 aromatic rings. The first-order chi connectivity index (χ1) is 16.2. The van der Waals surface area contributed by atoms with Gasteiger partial charge in [0.1, 0.15) is 5.76 Å². The number of amides is 1. The number of hydrogen-bond acceptors (Lipinski definition) is 7. The van der Waals surface area contributed by atoms with Crippen molar-refractivity contribution in [1.29, 1.82) is 0 Å². The molecular weight excluding hydrogens is 469 g/mol. The summed E-state index contributed by atoms with van der Waals surface area (Å²) >= 11 is 1.24. The highest BCUT2D eigenvalue weighted by molar-refractivity contribution is 7.13. The summed E-state index contributed by atoms with van der Waals surface area (Å²) in [5.74, 6) is 1.80. The Morgan fingerprint density at radius 1 is 1.26 bits per heavy atom. The first-order valence-electron chi connectivity index (χ1n) is 11.8. The maximum atomic E-state index is 12.4. The lowest BCUT2D eigenvalue weighted by Gasteiger charge is -2.30. The lowest BCUT2D eigenvalue weighted by molar-refractivity contribution is -0.153. The average molecular weight is 501 g/mol. The van der Waals surface area contributed by atoms with Crippen LogP contribution in [-0.4, -0.2) is 59.2 Å². The van der Waals surface area contributed by atoms with Gasteiger partial charge in [0.25, 0.3) is 5.19 Å². The van der Waals surface area contributed by atoms with Crippen LogP contribution < -0.4 is 10.1 Å². The minimum absolute atomic E-state index is 0.0165. The second-order valence-corrected chi connectivity index (χ2v) is 10.2. The molecule has 34 heavy (non-hydrogen) atoms. The smallest absolute Gasteiger partial charge is 0.422 e. The maximum Gasteiger partial charge on any atom is 0.422 e. The molecule has 1 N–H and O–H groups in total. The second-order valence-electron chi connectivity index (χ2n) is 9.19. The fraction of sp³-hybridized carbons (Fsp3) is 0.696. The normalized spacial score (nSPS) is 21.6. The number of alkyl halides is 3. The minimum Gasteiger partial charge on any atom is -0.460 e. The molecule has 188 valence electrons. The first kappa shape index (κ1) is 25.0. The zero-order valence-corrected chi connectivity index (χ0v) is 20.1. The van der Waals surface area contributed by atoms with E-state index in [1.807, 2.05) is 0 Å². The third kappa shape index (κ3) is 7.43. The van der Waals surface area contributed by atoms with Gasteiger partial charge in [-0.15, -0.1) is 0 Å². The molecule has 0 unspecified atom stereocenters. The monoisotopic (exact) mass is 500 g/mol. The number of oxazole rings is 1. The standard InChI is InChI=1S/C23H31F3N4O3S/c1-15-27-13-18(33-15)12-21(31)28-17-4-2-16(3-5-17)6-9-30-10-7-19-20(8-11-30)34-22(29-19)32-14-23(24,25)26/h13,16-17H,2-12,14H2,1H3,(H,28,31). The van der Waals surface area contributed by atoms with Gasteiger partial charge in [-0.1, -0.05) is 11.3 Å². The van der Waals surface area contributed by atoms with E-state index in [-0.39, 0.29) is 23.6 Å². The van der Waals surface area contributed by atoms with Crippen LogP contribution in [0, 0.1) is 12.8 Å². The number of halogens is 3. The van der Waals surface area contributed by atoms with Gasteiger partial charge in [-0.25, -0.2) is 9.97 Å². The minimum atomic E-state index is -4.35. The van der Waals surface area contributed by atoms with Crippen molar-refractivity contribution in [2.75, 3.05) is 26.2 Å². The highest BCUT2D eigenvalue weighted by atomic mass is 32.1. The molecule has 7 nitrogen and oxygen atoms in total. The van der Waals surface area contributed by atoms with E-state index < -0.39 is 12.8 Å². The molecule has 2 aliphatic rings. The van der Waals surface area contributed by atoms with E-state index in [1.165, 1.54) is 11.3 Å². The Balaban J connectivity index is 1.13. The van der Waals surface area contributed by atoms with Gasteiger partial charge < -0.3 is 19.4 Å². The van der Waals surface area contributed by atoms with Crippen LogP contribution in [0.4, 0.5) is 13.2 Å². The zero-order chi connectivity index (χ0) is 24.1. The Bertz CT molecular complexity index is 928. The van der Waals surface area contributed by atoms with Gasteiger partial charge in [0.15, 0.2) is 12.5 Å². The van der Waals surface area contributed by atoms with Crippen molar-refractivity contribution in [3.63, 3.8) is 0 Å². The summed E-state index contributed by atoms with van der Waals surface area (Å²) in [7, 11) is 0. The Hall–Kier alpha value is -2.14. The lowest BCUT2D eigenvalue weighted by Crippen LogP contribution is -2.39. The molecule has 1 aliphatic heterocycles. The fourth-order valence-corrected chi connectivity index (χ4v) is 5.64. The van der Waals surface area contributed by atoms with Gasteiger partial charge in [-0.05, 0) is 51.0 Å². The van der Waals surface area contributed by atoms with Gasteiger partial charge in [-0.3, -0.25) is 4.79 Å². The molecule has 4 rings (SSSR count). The third-order valence-corrected chi connectivity index (χ3v) is 7.58. The molecule has 1 amide bonds. The summed E-state index contributed by atoms with van der Waals surface area (Å²) in [5.41, 5.74) is 0.876. The van der Waals surface area contributed by atoms with Crippen molar-refractivity contribution in [3.8, 4) is 5.19 Å². The molecule has 0 spiro atoms. The highest BCUT2D eigenvalue weighted by Crippen LogP contribution is 2.31. The summed E-state index contributed by atoms with van der Waals surface area (Å²) in [6.07, 6.45) is 4.35. The van der Waals surface area contributed by atoms with Gasteiger partial charge in [0, 0.05) is 37.4 Å². The van der Waals surface area contributed by atoms with E-state index in [2.05, 4.69) is 20.2 Å². The predicted molar refractivity (Wildman–Crippen MR) is 121 cm³/mol. The number of rotatable bonds is 8. The number of fused-ring (bicyclic) bond motifs is 1. The number of carbonyl (C=O) groups is 1. The van der Waals surface area contributed by atoms with E-state index in [9.17, 15) is 18.0 Å². The van der Waals surface area contributed by atoms with Crippen LogP contribution >= 0.6 is 11.3 Å². The topological polar surface area (TPSA) is 80.5 Å². The molecule has 1 aliphatic carbocycles. The third-order valence-electron chi connectivity index (χ3n) is 6.51. The Kier molecular flexibility index (Phi) is 8.13. The van der Waals surface area contributed by atoms with Gasteiger partial charge >= 0.3 is 6.18 Å². The van der Waals surface area contributed by atoms with Crippen molar-refractivity contribution in [1.82, 2.24) is 20.2 Å². The molecule has 0 radical (unpaired) electrons. The highest BCUT2D eigenvalue weighted by Gasteiger charge is 2.30. The summed E-state index contributed by atoms with van der Waals surface area (Å²) < 4.78 is 47.3. The molecule has 0 aromatic carbocycles. The van der Waals surface area contributed by atoms with Gasteiger partial charge in [0.05, 0.1) is 18.3 Å². The Morgan fingerprint density at radius 3 is 2.74 bits per heavy atom. The quantitative estimate of drug-likeness (QED) is 0.588. The Morgan fingerprint density at radius 2 is 2.03 bits per heavy atom. The van der Waals surface area contributed by atoms with Crippen LogP contribution in [0.5, 0.6) is 5.19 Å². The summed E-state index contributed by atoms with van der Waals surface area (Å²) in [5, 5.41) is 3.25. The number of ether oxygens (including phenoxy) is 1. The van der Waals surface area contributed by atoms with Crippen molar-refractivity contribution >= 4 is 17.2 Å². The summed E-state index contributed by atoms with van der Waals surface area (Å²) in [6, 6.07) is 0.224. The Labute approximate surface area is 201 Å². The molecular formula is C23H31F3N4O3S. The van der Waals surface area contributed by atoms with Crippen molar-refractivity contribution in [2.24, 2.45) is 5.92 Å². The van der Waals surface area contributed by atoms with Crippen molar-refractivity contribution in [3.05, 3.63) is 28.4 Å². The first-order valence-corrected chi connectivity index (χ1v) is 12.7. The molecule has 1 fully saturated rings. The van der Waals surface area contributed by atoms with E-state index >= 15 is 0 Å².